The van der Waals surface area contributed by atoms with Gasteiger partial charge in [-0.2, -0.15) is 10.1 Å². The molecule has 6 heteroatoms. The molecule has 0 bridgehead atoms. The first kappa shape index (κ1) is 19.6. The third-order valence-electron chi connectivity index (χ3n) is 4.53. The Hall–Kier alpha value is -3.15. The van der Waals surface area contributed by atoms with E-state index in [2.05, 4.69) is 71.7 Å². The maximum Gasteiger partial charge on any atom is 0.249 e. The molecule has 0 saturated carbocycles. The normalized spacial score (nSPS) is 11.0. The quantitative estimate of drug-likeness (QED) is 0.557. The average molecular weight is 377 g/mol. The average Bonchev–Trinajstić information content (AvgIpc) is 2.68. The van der Waals surface area contributed by atoms with Gasteiger partial charge in [-0.1, -0.05) is 45.9 Å². The van der Waals surface area contributed by atoms with Gasteiger partial charge in [0.15, 0.2) is 5.82 Å². The molecule has 146 valence electrons. The highest BCUT2D eigenvalue weighted by atomic mass is 16.5. The van der Waals surface area contributed by atoms with Crippen molar-refractivity contribution in [2.45, 2.75) is 39.5 Å². The zero-order chi connectivity index (χ0) is 20.1. The minimum atomic E-state index is 0.396. The zero-order valence-electron chi connectivity index (χ0n) is 17.0. The Balaban J connectivity index is 1.87. The number of hydrogen-bond acceptors (Lipinski definition) is 6. The number of aromatic nitrogens is 3. The zero-order valence-corrected chi connectivity index (χ0v) is 17.0. The lowest BCUT2D eigenvalue weighted by Gasteiger charge is -2.20. The van der Waals surface area contributed by atoms with Crippen LogP contribution in [0.3, 0.4) is 0 Å². The number of hydrogen-bond donors (Lipinski definition) is 2. The summed E-state index contributed by atoms with van der Waals surface area (Å²) >= 11 is 0. The van der Waals surface area contributed by atoms with Crippen molar-refractivity contribution in [1.29, 1.82) is 0 Å². The summed E-state index contributed by atoms with van der Waals surface area (Å²) in [6.07, 6.45) is 1.64. The molecule has 0 fully saturated rings. The molecule has 0 aliphatic heterocycles. The van der Waals surface area contributed by atoms with Crippen LogP contribution in [0.2, 0.25) is 0 Å². The van der Waals surface area contributed by atoms with E-state index >= 15 is 0 Å². The largest absolute Gasteiger partial charge is 0.497 e. The summed E-state index contributed by atoms with van der Waals surface area (Å²) in [6, 6.07) is 14.0. The lowest BCUT2D eigenvalue weighted by molar-refractivity contribution is 0.415. The maximum atomic E-state index is 5.18. The van der Waals surface area contributed by atoms with Crippen LogP contribution in [0.5, 0.6) is 5.75 Å². The second kappa shape index (κ2) is 8.69. The standard InChI is InChI=1S/C22H27N5O/c1-14(2)18-7-6-8-19(15(3)4)21(18)25-20-13-23-27-22(26-20)24-16-9-11-17(28-5)12-10-16/h6-15H,1-5H3,(H2,24,25,26,27). The van der Waals surface area contributed by atoms with Gasteiger partial charge in [0.1, 0.15) is 5.75 Å². The van der Waals surface area contributed by atoms with Crippen molar-refractivity contribution in [2.75, 3.05) is 17.7 Å². The van der Waals surface area contributed by atoms with Crippen LogP contribution in [0, 0.1) is 0 Å². The molecule has 2 aromatic carbocycles. The summed E-state index contributed by atoms with van der Waals surface area (Å²) in [6.45, 7) is 8.78. The molecule has 0 spiro atoms. The predicted octanol–water partition coefficient (Wildman–Crippen LogP) is 5.61. The van der Waals surface area contributed by atoms with Crippen LogP contribution >= 0.6 is 0 Å². The first-order chi connectivity index (χ1) is 13.5. The van der Waals surface area contributed by atoms with Crippen LogP contribution in [-0.2, 0) is 0 Å². The van der Waals surface area contributed by atoms with Gasteiger partial charge in [-0.3, -0.25) is 0 Å². The lowest BCUT2D eigenvalue weighted by Crippen LogP contribution is -2.07. The number of methoxy groups -OCH3 is 1. The summed E-state index contributed by atoms with van der Waals surface area (Å²) < 4.78 is 5.18. The van der Waals surface area contributed by atoms with Gasteiger partial charge in [0.2, 0.25) is 5.95 Å². The van der Waals surface area contributed by atoms with E-state index in [9.17, 15) is 0 Å². The van der Waals surface area contributed by atoms with Gasteiger partial charge in [-0.25, -0.2) is 0 Å². The van der Waals surface area contributed by atoms with Crippen LogP contribution in [0.4, 0.5) is 23.1 Å². The fourth-order valence-electron chi connectivity index (χ4n) is 3.04. The molecule has 0 radical (unpaired) electrons. The van der Waals surface area contributed by atoms with Crippen LogP contribution in [0.15, 0.2) is 48.7 Å². The van der Waals surface area contributed by atoms with Crippen molar-refractivity contribution in [3.8, 4) is 5.75 Å². The van der Waals surface area contributed by atoms with Crippen molar-refractivity contribution in [2.24, 2.45) is 0 Å². The smallest absolute Gasteiger partial charge is 0.249 e. The molecule has 3 rings (SSSR count). The van der Waals surface area contributed by atoms with E-state index < -0.39 is 0 Å². The Bertz CT molecular complexity index is 896. The van der Waals surface area contributed by atoms with E-state index in [4.69, 9.17) is 4.74 Å². The fraction of sp³-hybridized carbons (Fsp3) is 0.318. The van der Waals surface area contributed by atoms with Crippen LogP contribution in [-0.4, -0.2) is 22.3 Å². The Morgan fingerprint density at radius 2 is 1.50 bits per heavy atom. The van der Waals surface area contributed by atoms with Crippen molar-refractivity contribution in [1.82, 2.24) is 15.2 Å². The SMILES string of the molecule is COc1ccc(Nc2nncc(Nc3c(C(C)C)cccc3C(C)C)n2)cc1. The van der Waals surface area contributed by atoms with E-state index in [0.29, 0.717) is 23.6 Å². The van der Waals surface area contributed by atoms with Crippen LogP contribution in [0.25, 0.3) is 0 Å². The Morgan fingerprint density at radius 1 is 0.857 bits per heavy atom. The molecule has 0 saturated heterocycles. The molecule has 0 unspecified atom stereocenters. The van der Waals surface area contributed by atoms with Crippen LogP contribution < -0.4 is 15.4 Å². The predicted molar refractivity (Wildman–Crippen MR) is 114 cm³/mol. The van der Waals surface area contributed by atoms with E-state index in [1.165, 1.54) is 11.1 Å². The fourth-order valence-corrected chi connectivity index (χ4v) is 3.04. The molecule has 1 heterocycles. The highest BCUT2D eigenvalue weighted by Gasteiger charge is 2.14. The minimum absolute atomic E-state index is 0.396. The van der Waals surface area contributed by atoms with Crippen LogP contribution in [0.1, 0.15) is 50.7 Å². The molecular weight excluding hydrogens is 350 g/mol. The van der Waals surface area contributed by atoms with Gasteiger partial charge >= 0.3 is 0 Å². The number of nitrogens with one attached hydrogen (secondary N) is 2. The summed E-state index contributed by atoms with van der Waals surface area (Å²) in [4.78, 5) is 4.58. The third-order valence-corrected chi connectivity index (χ3v) is 4.53. The molecule has 0 atom stereocenters. The first-order valence-corrected chi connectivity index (χ1v) is 9.48. The van der Waals surface area contributed by atoms with E-state index in [-0.39, 0.29) is 0 Å². The van der Waals surface area contributed by atoms with Gasteiger partial charge < -0.3 is 15.4 Å². The Kier molecular flexibility index (Phi) is 6.09. The summed E-state index contributed by atoms with van der Waals surface area (Å²) in [5, 5.41) is 14.8. The number of benzene rings is 2. The molecule has 0 aliphatic rings. The molecule has 0 aliphatic carbocycles. The second-order valence-corrected chi connectivity index (χ2v) is 7.26. The molecule has 1 aromatic heterocycles. The van der Waals surface area contributed by atoms with Gasteiger partial charge in [-0.15, -0.1) is 5.10 Å². The van der Waals surface area contributed by atoms with Gasteiger partial charge in [0.05, 0.1) is 13.3 Å². The van der Waals surface area contributed by atoms with E-state index in [1.54, 1.807) is 13.3 Å². The van der Waals surface area contributed by atoms with Crippen molar-refractivity contribution < 1.29 is 4.74 Å². The highest BCUT2D eigenvalue weighted by Crippen LogP contribution is 2.34. The summed E-state index contributed by atoms with van der Waals surface area (Å²) in [5.41, 5.74) is 4.48. The Labute approximate surface area is 166 Å². The number of anilines is 4. The van der Waals surface area contributed by atoms with Gasteiger partial charge in [0.25, 0.3) is 0 Å². The van der Waals surface area contributed by atoms with Crippen molar-refractivity contribution >= 4 is 23.1 Å². The Morgan fingerprint density at radius 3 is 2.07 bits per heavy atom. The third kappa shape index (κ3) is 4.57. The maximum absolute atomic E-state index is 5.18. The molecule has 3 aromatic rings. The monoisotopic (exact) mass is 377 g/mol. The molecule has 6 nitrogen and oxygen atoms in total. The molecular formula is C22H27N5O. The number of nitrogens with zero attached hydrogens (tertiary/aromatic N) is 3. The van der Waals surface area contributed by atoms with E-state index in [1.807, 2.05) is 24.3 Å². The van der Waals surface area contributed by atoms with Crippen molar-refractivity contribution in [3.63, 3.8) is 0 Å². The van der Waals surface area contributed by atoms with Crippen molar-refractivity contribution in [3.05, 3.63) is 59.8 Å². The highest BCUT2D eigenvalue weighted by molar-refractivity contribution is 5.67. The number of rotatable bonds is 7. The number of para-hydroxylation sites is 1. The van der Waals surface area contributed by atoms with Gasteiger partial charge in [-0.05, 0) is 47.2 Å². The summed E-state index contributed by atoms with van der Waals surface area (Å²) in [5.74, 6) is 2.68. The van der Waals surface area contributed by atoms with Gasteiger partial charge in [0, 0.05) is 11.4 Å². The second-order valence-electron chi connectivity index (χ2n) is 7.26. The molecule has 28 heavy (non-hydrogen) atoms. The molecule has 2 N–H and O–H groups in total. The summed E-state index contributed by atoms with van der Waals surface area (Å²) in [7, 11) is 1.64. The van der Waals surface area contributed by atoms with E-state index in [0.717, 1.165) is 17.1 Å². The topological polar surface area (TPSA) is 72.0 Å². The number of ether oxygens (including phenoxy) is 1. The molecule has 0 amide bonds. The lowest BCUT2D eigenvalue weighted by atomic mass is 9.92. The first-order valence-electron chi connectivity index (χ1n) is 9.48. The minimum Gasteiger partial charge on any atom is -0.497 e.